The normalized spacial score (nSPS) is 17.5. The van der Waals surface area contributed by atoms with Crippen LogP contribution in [-0.4, -0.2) is 56.5 Å². The molecule has 2 aromatic rings. The monoisotopic (exact) mass is 581 g/mol. The minimum Gasteiger partial charge on any atom is -0.371 e. The largest absolute Gasteiger partial charge is 0.371 e. The van der Waals surface area contributed by atoms with Gasteiger partial charge < -0.3 is 9.74 Å². The number of anilines is 1. The minimum atomic E-state index is -3.82. The molecular formula is C29H33N4O7S+. The summed E-state index contributed by atoms with van der Waals surface area (Å²) in [6, 6.07) is 8.92. The number of benzene rings is 1. The van der Waals surface area contributed by atoms with E-state index in [1.165, 1.54) is 16.8 Å². The maximum absolute atomic E-state index is 12.8. The molecule has 3 aliphatic rings. The predicted octanol–water partition coefficient (Wildman–Crippen LogP) is 1.85. The number of aromatic nitrogens is 1. The Balaban J connectivity index is 1.42. The highest BCUT2D eigenvalue weighted by Gasteiger charge is 2.36. The number of nitrogens with one attached hydrogen (secondary N) is 1. The van der Waals surface area contributed by atoms with E-state index in [1.807, 2.05) is 29.0 Å². The molecule has 12 heteroatoms. The van der Waals surface area contributed by atoms with Crippen molar-refractivity contribution in [3.05, 3.63) is 58.9 Å². The number of nitrogens with zero attached hydrogens (tertiary/aromatic N) is 3. The van der Waals surface area contributed by atoms with E-state index in [-0.39, 0.29) is 25.7 Å². The number of sulfonamides is 1. The summed E-state index contributed by atoms with van der Waals surface area (Å²) in [5.74, 6) is -2.92. The zero-order chi connectivity index (χ0) is 29.1. The summed E-state index contributed by atoms with van der Waals surface area (Å²) >= 11 is 0. The first-order chi connectivity index (χ1) is 19.6. The summed E-state index contributed by atoms with van der Waals surface area (Å²) < 4.78 is 27.0. The number of hydroxylamine groups is 2. The molecule has 11 nitrogen and oxygen atoms in total. The van der Waals surface area contributed by atoms with Crippen molar-refractivity contribution >= 4 is 51.6 Å². The summed E-state index contributed by atoms with van der Waals surface area (Å²) in [7, 11) is -3.82. The molecule has 1 aromatic heterocycles. The highest BCUT2D eigenvalue weighted by molar-refractivity contribution is 7.89. The second-order valence-electron chi connectivity index (χ2n) is 10.7. The number of hydrogen-bond donors (Lipinski definition) is 1. The van der Waals surface area contributed by atoms with Crippen molar-refractivity contribution in [2.45, 2.75) is 57.4 Å². The molecule has 1 atom stereocenters. The van der Waals surface area contributed by atoms with Gasteiger partial charge in [0.15, 0.2) is 12.2 Å². The number of imide groups is 1. The molecule has 0 bridgehead atoms. The third-order valence-corrected chi connectivity index (χ3v) is 8.04. The number of aryl methyl sites for hydroxylation is 2. The Bertz CT molecular complexity index is 1490. The molecule has 3 aliphatic heterocycles. The van der Waals surface area contributed by atoms with Crippen molar-refractivity contribution in [1.82, 2.24) is 9.79 Å². The van der Waals surface area contributed by atoms with Crippen LogP contribution in [0.25, 0.3) is 12.2 Å². The number of amides is 3. The fourth-order valence-corrected chi connectivity index (χ4v) is 6.27. The summed E-state index contributed by atoms with van der Waals surface area (Å²) in [5.41, 5.74) is 5.78. The Morgan fingerprint density at radius 3 is 2.29 bits per heavy atom. The van der Waals surface area contributed by atoms with Gasteiger partial charge in [-0.25, -0.2) is 13.2 Å². The first kappa shape index (κ1) is 28.5. The molecule has 216 valence electrons. The van der Waals surface area contributed by atoms with Crippen molar-refractivity contribution < 1.29 is 37.0 Å². The standard InChI is InChI=1S/C29H32N4O7S/c1-41(38,39)30-25(34)18-24(19-28(37)40-33-26(35)11-12-27(33)36)32-15-3-2-8-23(32)10-9-20-16-21-6-4-13-31-14-5-7-22(17-20)29(21)31/h2-3,8-10,15-17,24H,4-7,11-14,18-19H2,1H3/p+1. The molecule has 41 heavy (non-hydrogen) atoms. The van der Waals surface area contributed by atoms with Gasteiger partial charge in [0, 0.05) is 49.8 Å². The van der Waals surface area contributed by atoms with Crippen molar-refractivity contribution in [3.8, 4) is 0 Å². The fraction of sp³-hybridized carbons (Fsp3) is 0.414. The summed E-state index contributed by atoms with van der Waals surface area (Å²) in [4.78, 5) is 56.8. The molecule has 1 unspecified atom stereocenters. The fourth-order valence-electron chi connectivity index (χ4n) is 5.77. The Morgan fingerprint density at radius 1 is 1.00 bits per heavy atom. The SMILES string of the molecule is CS(=O)(=O)NC(=O)CC(CC(=O)ON1C(=O)CCC1=O)[n+]1ccccc1C=Cc1cc2c3c(c1)CCCN3CCC2. The van der Waals surface area contributed by atoms with Crippen LogP contribution in [0.15, 0.2) is 36.5 Å². The van der Waals surface area contributed by atoms with Gasteiger partial charge >= 0.3 is 5.97 Å². The molecule has 3 amide bonds. The van der Waals surface area contributed by atoms with Crippen LogP contribution in [0.2, 0.25) is 0 Å². The predicted molar refractivity (Wildman–Crippen MR) is 149 cm³/mol. The van der Waals surface area contributed by atoms with Crippen molar-refractivity contribution in [3.63, 3.8) is 0 Å². The summed E-state index contributed by atoms with van der Waals surface area (Å²) in [6.45, 7) is 2.19. The van der Waals surface area contributed by atoms with E-state index in [9.17, 15) is 27.6 Å². The van der Waals surface area contributed by atoms with Gasteiger partial charge in [0.2, 0.25) is 21.6 Å². The van der Waals surface area contributed by atoms with Gasteiger partial charge in [0.1, 0.15) is 6.42 Å². The third kappa shape index (κ3) is 6.82. The second kappa shape index (κ2) is 11.8. The summed E-state index contributed by atoms with van der Waals surface area (Å²) in [6.07, 6.45) is 9.92. The highest BCUT2D eigenvalue weighted by atomic mass is 32.2. The lowest BCUT2D eigenvalue weighted by Crippen LogP contribution is -2.46. The van der Waals surface area contributed by atoms with Crippen LogP contribution in [0.4, 0.5) is 5.69 Å². The molecule has 0 spiro atoms. The molecule has 5 rings (SSSR count). The maximum atomic E-state index is 12.8. The van der Waals surface area contributed by atoms with E-state index in [0.29, 0.717) is 10.8 Å². The number of hydrogen-bond acceptors (Lipinski definition) is 8. The molecule has 4 heterocycles. The van der Waals surface area contributed by atoms with Crippen molar-refractivity contribution in [2.75, 3.05) is 24.2 Å². The van der Waals surface area contributed by atoms with E-state index >= 15 is 0 Å². The van der Waals surface area contributed by atoms with Crippen molar-refractivity contribution in [1.29, 1.82) is 0 Å². The number of carbonyl (C=O) groups excluding carboxylic acids is 4. The molecule has 0 saturated carbocycles. The first-order valence-corrected chi connectivity index (χ1v) is 15.6. The Morgan fingerprint density at radius 2 is 1.66 bits per heavy atom. The van der Waals surface area contributed by atoms with Gasteiger partial charge in [-0.2, -0.15) is 4.57 Å². The number of pyridine rings is 1. The van der Waals surface area contributed by atoms with Crippen LogP contribution in [0.5, 0.6) is 0 Å². The van der Waals surface area contributed by atoms with E-state index in [0.717, 1.165) is 50.6 Å². The Kier molecular flexibility index (Phi) is 8.20. The molecule has 0 aliphatic carbocycles. The lowest BCUT2D eigenvalue weighted by molar-refractivity contribution is -0.722. The van der Waals surface area contributed by atoms with E-state index in [2.05, 4.69) is 17.0 Å². The van der Waals surface area contributed by atoms with E-state index < -0.39 is 39.8 Å². The molecule has 1 aromatic carbocycles. The van der Waals surface area contributed by atoms with Crippen LogP contribution in [0, 0.1) is 0 Å². The van der Waals surface area contributed by atoms with Crippen LogP contribution < -0.4 is 14.2 Å². The maximum Gasteiger partial charge on any atom is 0.339 e. The zero-order valence-electron chi connectivity index (χ0n) is 22.9. The molecule has 1 fully saturated rings. The average Bonchev–Trinajstić information content (AvgIpc) is 3.23. The number of carbonyl (C=O) groups is 4. The average molecular weight is 582 g/mol. The van der Waals surface area contributed by atoms with Gasteiger partial charge in [-0.15, -0.1) is 5.06 Å². The molecule has 0 radical (unpaired) electrons. The van der Waals surface area contributed by atoms with Crippen molar-refractivity contribution in [2.24, 2.45) is 0 Å². The lowest BCUT2D eigenvalue weighted by atomic mass is 9.90. The Labute approximate surface area is 238 Å². The third-order valence-electron chi connectivity index (χ3n) is 7.44. The lowest BCUT2D eigenvalue weighted by Gasteiger charge is -2.37. The van der Waals surface area contributed by atoms with Gasteiger partial charge in [-0.05, 0) is 66.6 Å². The zero-order valence-corrected chi connectivity index (χ0v) is 23.7. The minimum absolute atomic E-state index is 0.0445. The van der Waals surface area contributed by atoms with Gasteiger partial charge in [0.25, 0.3) is 11.8 Å². The van der Waals surface area contributed by atoms with E-state index in [4.69, 9.17) is 4.84 Å². The molecular weight excluding hydrogens is 548 g/mol. The second-order valence-corrected chi connectivity index (χ2v) is 12.4. The van der Waals surface area contributed by atoms with E-state index in [1.54, 1.807) is 16.8 Å². The first-order valence-electron chi connectivity index (χ1n) is 13.7. The van der Waals surface area contributed by atoms with Gasteiger partial charge in [-0.1, -0.05) is 0 Å². The highest BCUT2D eigenvalue weighted by Crippen LogP contribution is 2.36. The van der Waals surface area contributed by atoms with Gasteiger partial charge in [-0.3, -0.25) is 19.1 Å². The van der Waals surface area contributed by atoms with Crippen LogP contribution in [0.3, 0.4) is 0 Å². The molecule has 1 saturated heterocycles. The van der Waals surface area contributed by atoms with Gasteiger partial charge in [0.05, 0.1) is 12.7 Å². The number of rotatable bonds is 9. The van der Waals surface area contributed by atoms with Crippen LogP contribution in [-0.2, 0) is 46.9 Å². The smallest absolute Gasteiger partial charge is 0.339 e. The Hall–Kier alpha value is -4.06. The summed E-state index contributed by atoms with van der Waals surface area (Å²) in [5, 5.41) is 0.454. The van der Waals surface area contributed by atoms with Crippen LogP contribution in [0.1, 0.15) is 67.0 Å². The molecule has 1 N–H and O–H groups in total. The van der Waals surface area contributed by atoms with Crippen LogP contribution >= 0.6 is 0 Å². The quantitative estimate of drug-likeness (QED) is 0.350. The topological polar surface area (TPSA) is 134 Å².